The summed E-state index contributed by atoms with van der Waals surface area (Å²) in [6.07, 6.45) is 0. The molecule has 0 saturated carbocycles. The van der Waals surface area contributed by atoms with E-state index >= 15 is 0 Å². The molecule has 0 bridgehead atoms. The third-order valence-corrected chi connectivity index (χ3v) is 6.14. The Kier molecular flexibility index (Phi) is 7.61. The average Bonchev–Trinajstić information content (AvgIpc) is 2.66. The summed E-state index contributed by atoms with van der Waals surface area (Å²) in [7, 11) is -2.20. The van der Waals surface area contributed by atoms with Gasteiger partial charge in [0.15, 0.2) is 0 Å². The van der Waals surface area contributed by atoms with Crippen molar-refractivity contribution in [3.05, 3.63) is 54.1 Å². The van der Waals surface area contributed by atoms with Gasteiger partial charge in [0.1, 0.15) is 0 Å². The van der Waals surface area contributed by atoms with Crippen molar-refractivity contribution in [2.24, 2.45) is 0 Å². The van der Waals surface area contributed by atoms with Crippen LogP contribution in [0.15, 0.2) is 58.3 Å². The van der Waals surface area contributed by atoms with E-state index in [0.717, 1.165) is 0 Å². The summed E-state index contributed by atoms with van der Waals surface area (Å²) in [6, 6.07) is 12.9. The molecule has 2 rings (SSSR count). The Labute approximate surface area is 169 Å². The van der Waals surface area contributed by atoms with Crippen LogP contribution in [-0.2, 0) is 14.8 Å². The molecule has 0 atom stereocenters. The minimum Gasteiger partial charge on any atom is -0.353 e. The third kappa shape index (κ3) is 6.08. The summed E-state index contributed by atoms with van der Waals surface area (Å²) < 4.78 is 25.8. The van der Waals surface area contributed by atoms with Gasteiger partial charge in [-0.2, -0.15) is 0 Å². The first-order valence-electron chi connectivity index (χ1n) is 8.59. The number of sulfonamides is 1. The Morgan fingerprint density at radius 1 is 1.04 bits per heavy atom. The maximum Gasteiger partial charge on any atom is 0.256 e. The van der Waals surface area contributed by atoms with E-state index in [2.05, 4.69) is 15.4 Å². The molecule has 0 fully saturated rings. The molecule has 0 aromatic heterocycles. The SMILES string of the molecule is CNS(=O)(=O)c1ccc(NC(=O)c2ccccc2SCC(=O)NC(C)C)cc1. The minimum atomic E-state index is -3.53. The van der Waals surface area contributed by atoms with Crippen LogP contribution in [-0.4, -0.2) is 39.1 Å². The van der Waals surface area contributed by atoms with Crippen molar-refractivity contribution in [2.75, 3.05) is 18.1 Å². The first-order valence-corrected chi connectivity index (χ1v) is 11.1. The lowest BCUT2D eigenvalue weighted by atomic mass is 10.2. The number of rotatable bonds is 8. The molecular formula is C19H23N3O4S2. The first-order chi connectivity index (χ1) is 13.2. The Hall–Kier alpha value is -2.36. The molecule has 3 N–H and O–H groups in total. The van der Waals surface area contributed by atoms with Gasteiger partial charge in [-0.1, -0.05) is 12.1 Å². The van der Waals surface area contributed by atoms with Gasteiger partial charge in [-0.3, -0.25) is 9.59 Å². The number of amides is 2. The molecule has 9 heteroatoms. The zero-order chi connectivity index (χ0) is 20.7. The Morgan fingerprint density at radius 2 is 1.68 bits per heavy atom. The fourth-order valence-electron chi connectivity index (χ4n) is 2.32. The highest BCUT2D eigenvalue weighted by atomic mass is 32.2. The maximum atomic E-state index is 12.6. The third-order valence-electron chi connectivity index (χ3n) is 3.63. The number of nitrogens with one attached hydrogen (secondary N) is 3. The van der Waals surface area contributed by atoms with Crippen LogP contribution >= 0.6 is 11.8 Å². The molecule has 7 nitrogen and oxygen atoms in total. The fraction of sp³-hybridized carbons (Fsp3) is 0.263. The van der Waals surface area contributed by atoms with Gasteiger partial charge in [0.05, 0.1) is 16.2 Å². The Morgan fingerprint density at radius 3 is 2.29 bits per heavy atom. The number of hydrogen-bond acceptors (Lipinski definition) is 5. The predicted molar refractivity (Wildman–Crippen MR) is 111 cm³/mol. The van der Waals surface area contributed by atoms with Crippen LogP contribution in [0.2, 0.25) is 0 Å². The van der Waals surface area contributed by atoms with Crippen LogP contribution in [0.1, 0.15) is 24.2 Å². The van der Waals surface area contributed by atoms with E-state index in [0.29, 0.717) is 16.1 Å². The predicted octanol–water partition coefficient (Wildman–Crippen LogP) is 2.46. The maximum absolute atomic E-state index is 12.6. The summed E-state index contributed by atoms with van der Waals surface area (Å²) in [5.74, 6) is -0.230. The van der Waals surface area contributed by atoms with Crippen molar-refractivity contribution in [1.82, 2.24) is 10.0 Å². The van der Waals surface area contributed by atoms with Crippen molar-refractivity contribution < 1.29 is 18.0 Å². The largest absolute Gasteiger partial charge is 0.353 e. The average molecular weight is 422 g/mol. The lowest BCUT2D eigenvalue weighted by Gasteiger charge is -2.11. The minimum absolute atomic E-state index is 0.0568. The smallest absolute Gasteiger partial charge is 0.256 e. The van der Waals surface area contributed by atoms with Gasteiger partial charge < -0.3 is 10.6 Å². The van der Waals surface area contributed by atoms with Gasteiger partial charge in [-0.25, -0.2) is 13.1 Å². The molecule has 0 saturated heterocycles. The number of benzene rings is 2. The molecule has 150 valence electrons. The molecule has 2 aromatic carbocycles. The highest BCUT2D eigenvalue weighted by Gasteiger charge is 2.15. The number of hydrogen-bond donors (Lipinski definition) is 3. The Balaban J connectivity index is 2.09. The van der Waals surface area contributed by atoms with Crippen molar-refractivity contribution in [3.63, 3.8) is 0 Å². The molecule has 2 aromatic rings. The summed E-state index contributed by atoms with van der Waals surface area (Å²) >= 11 is 1.28. The molecule has 0 spiro atoms. The van der Waals surface area contributed by atoms with Crippen molar-refractivity contribution in [3.8, 4) is 0 Å². The summed E-state index contributed by atoms with van der Waals surface area (Å²) in [5.41, 5.74) is 0.911. The summed E-state index contributed by atoms with van der Waals surface area (Å²) in [5, 5.41) is 5.56. The van der Waals surface area contributed by atoms with Gasteiger partial charge in [0, 0.05) is 16.6 Å². The van der Waals surface area contributed by atoms with Crippen LogP contribution in [0, 0.1) is 0 Å². The quantitative estimate of drug-likeness (QED) is 0.568. The monoisotopic (exact) mass is 421 g/mol. The molecule has 28 heavy (non-hydrogen) atoms. The van der Waals surface area contributed by atoms with Crippen LogP contribution in [0.3, 0.4) is 0 Å². The zero-order valence-corrected chi connectivity index (χ0v) is 17.5. The highest BCUT2D eigenvalue weighted by Crippen LogP contribution is 2.24. The lowest BCUT2D eigenvalue weighted by Crippen LogP contribution is -2.31. The highest BCUT2D eigenvalue weighted by molar-refractivity contribution is 8.00. The van der Waals surface area contributed by atoms with Crippen LogP contribution in [0.25, 0.3) is 0 Å². The van der Waals surface area contributed by atoms with Gasteiger partial charge >= 0.3 is 0 Å². The van der Waals surface area contributed by atoms with Gasteiger partial charge in [-0.05, 0) is 57.3 Å². The van der Waals surface area contributed by atoms with Gasteiger partial charge in [0.25, 0.3) is 5.91 Å². The Bertz CT molecular complexity index is 942. The number of carbonyl (C=O) groups is 2. The number of carbonyl (C=O) groups excluding carboxylic acids is 2. The van der Waals surface area contributed by atoms with E-state index in [9.17, 15) is 18.0 Å². The van der Waals surface area contributed by atoms with Crippen molar-refractivity contribution >= 4 is 39.3 Å². The molecule has 0 unspecified atom stereocenters. The van der Waals surface area contributed by atoms with Gasteiger partial charge in [0.2, 0.25) is 15.9 Å². The van der Waals surface area contributed by atoms with Crippen LogP contribution < -0.4 is 15.4 Å². The lowest BCUT2D eigenvalue weighted by molar-refractivity contribution is -0.119. The molecule has 2 amide bonds. The van der Waals surface area contributed by atoms with E-state index in [1.807, 2.05) is 13.8 Å². The molecule has 0 aliphatic rings. The van der Waals surface area contributed by atoms with E-state index < -0.39 is 10.0 Å². The standard InChI is InChI=1S/C19H23N3O4S2/c1-13(2)21-18(23)12-27-17-7-5-4-6-16(17)19(24)22-14-8-10-15(11-9-14)28(25,26)20-3/h4-11,13,20H,12H2,1-3H3,(H,21,23)(H,22,24). The van der Waals surface area contributed by atoms with Crippen molar-refractivity contribution in [2.45, 2.75) is 29.7 Å². The molecule has 0 heterocycles. The normalized spacial score (nSPS) is 11.3. The molecular weight excluding hydrogens is 398 g/mol. The van der Waals surface area contributed by atoms with Crippen LogP contribution in [0.5, 0.6) is 0 Å². The van der Waals surface area contributed by atoms with E-state index in [1.165, 1.54) is 43.1 Å². The molecule has 0 aliphatic heterocycles. The van der Waals surface area contributed by atoms with E-state index in [4.69, 9.17) is 0 Å². The van der Waals surface area contributed by atoms with E-state index in [-0.39, 0.29) is 28.5 Å². The summed E-state index contributed by atoms with van der Waals surface area (Å²) in [6.45, 7) is 3.77. The second-order valence-electron chi connectivity index (χ2n) is 6.19. The second-order valence-corrected chi connectivity index (χ2v) is 9.10. The van der Waals surface area contributed by atoms with Crippen LogP contribution in [0.4, 0.5) is 5.69 Å². The van der Waals surface area contributed by atoms with E-state index in [1.54, 1.807) is 24.3 Å². The van der Waals surface area contributed by atoms with Gasteiger partial charge in [-0.15, -0.1) is 11.8 Å². The summed E-state index contributed by atoms with van der Waals surface area (Å²) in [4.78, 5) is 25.3. The number of anilines is 1. The topological polar surface area (TPSA) is 104 Å². The molecule has 0 aliphatic carbocycles. The zero-order valence-electron chi connectivity index (χ0n) is 15.9. The molecule has 0 radical (unpaired) electrons. The fourth-order valence-corrected chi connectivity index (χ4v) is 3.91. The first kappa shape index (κ1) is 21.9. The van der Waals surface area contributed by atoms with Crippen molar-refractivity contribution in [1.29, 1.82) is 0 Å². The number of thioether (sulfide) groups is 1. The second kappa shape index (κ2) is 9.72.